The van der Waals surface area contributed by atoms with Gasteiger partial charge >= 0.3 is 12.4 Å². The fourth-order valence-corrected chi connectivity index (χ4v) is 5.82. The number of urea groups is 1. The summed E-state index contributed by atoms with van der Waals surface area (Å²) in [5, 5.41) is 5.00. The summed E-state index contributed by atoms with van der Waals surface area (Å²) < 4.78 is 42.5. The predicted molar refractivity (Wildman–Crippen MR) is 157 cm³/mol. The highest BCUT2D eigenvalue weighted by Crippen LogP contribution is 2.43. The van der Waals surface area contributed by atoms with Gasteiger partial charge in [0, 0.05) is 22.9 Å². The van der Waals surface area contributed by atoms with Crippen LogP contribution in [0.25, 0.3) is 17.1 Å². The lowest BCUT2D eigenvalue weighted by molar-refractivity contribution is -0.274. The minimum absolute atomic E-state index is 0.118. The summed E-state index contributed by atoms with van der Waals surface area (Å²) in [6.45, 7) is 4.33. The number of hydroxylamine groups is 1. The third-order valence-corrected chi connectivity index (χ3v) is 7.79. The normalized spacial score (nSPS) is 17.0. The lowest BCUT2D eigenvalue weighted by Crippen LogP contribution is -2.29. The van der Waals surface area contributed by atoms with E-state index in [1.807, 2.05) is 24.0 Å². The van der Waals surface area contributed by atoms with Crippen molar-refractivity contribution in [3.05, 3.63) is 102 Å². The maximum absolute atomic E-state index is 12.6. The lowest BCUT2D eigenvalue weighted by Gasteiger charge is -2.30. The molecule has 3 heterocycles. The van der Waals surface area contributed by atoms with E-state index in [4.69, 9.17) is 4.84 Å². The predicted octanol–water partition coefficient (Wildman–Crippen LogP) is 6.89. The second-order valence-electron chi connectivity index (χ2n) is 9.97. The number of alkyl halides is 3. The molecule has 6 rings (SSSR count). The Morgan fingerprint density at radius 2 is 1.88 bits per heavy atom. The number of thioether (sulfide) groups is 1. The highest BCUT2D eigenvalue weighted by atomic mass is 32.2. The molecule has 1 saturated heterocycles. The number of hydrogen-bond donors (Lipinski definition) is 1. The molecule has 0 saturated carbocycles. The molecule has 2 aliphatic heterocycles. The van der Waals surface area contributed by atoms with Crippen LogP contribution in [0.15, 0.2) is 89.8 Å². The van der Waals surface area contributed by atoms with Gasteiger partial charge in [-0.3, -0.25) is 9.74 Å². The van der Waals surface area contributed by atoms with Crippen LogP contribution in [-0.4, -0.2) is 38.1 Å². The number of halogens is 3. The van der Waals surface area contributed by atoms with Crippen LogP contribution in [0.1, 0.15) is 29.5 Å². The molecule has 3 aromatic carbocycles. The van der Waals surface area contributed by atoms with Gasteiger partial charge in [-0.1, -0.05) is 61.2 Å². The molecule has 13 heteroatoms. The Kier molecular flexibility index (Phi) is 7.67. The molecular weight excluding hydrogens is 581 g/mol. The maximum Gasteiger partial charge on any atom is 0.573 e. The lowest BCUT2D eigenvalue weighted by atomic mass is 9.93. The molecule has 1 aromatic heterocycles. The number of aromatic nitrogens is 3. The van der Waals surface area contributed by atoms with E-state index in [1.165, 1.54) is 52.6 Å². The molecule has 43 heavy (non-hydrogen) atoms. The Labute approximate surface area is 249 Å². The van der Waals surface area contributed by atoms with Crippen molar-refractivity contribution in [1.29, 1.82) is 0 Å². The van der Waals surface area contributed by atoms with Crippen molar-refractivity contribution in [3.8, 4) is 22.8 Å². The first kappa shape index (κ1) is 28.5. The first-order valence-corrected chi connectivity index (χ1v) is 14.2. The number of aryl methyl sites for hydroxylation is 1. The zero-order chi connectivity index (χ0) is 30.1. The average Bonchev–Trinajstić information content (AvgIpc) is 3.61. The molecule has 220 valence electrons. The van der Waals surface area contributed by atoms with Crippen LogP contribution < -0.4 is 15.1 Å². The highest BCUT2D eigenvalue weighted by molar-refractivity contribution is 8.14. The van der Waals surface area contributed by atoms with Gasteiger partial charge in [-0.25, -0.2) is 19.9 Å². The van der Waals surface area contributed by atoms with E-state index < -0.39 is 12.4 Å². The number of anilines is 1. The Hall–Kier alpha value is -4.62. The van der Waals surface area contributed by atoms with Crippen molar-refractivity contribution in [1.82, 2.24) is 20.2 Å². The highest BCUT2D eigenvalue weighted by Gasteiger charge is 2.33. The van der Waals surface area contributed by atoms with Crippen molar-refractivity contribution in [2.45, 2.75) is 32.7 Å². The molecule has 1 unspecified atom stereocenters. The van der Waals surface area contributed by atoms with Gasteiger partial charge in [-0.15, -0.1) is 18.3 Å². The number of rotatable bonds is 6. The number of benzene rings is 3. The first-order chi connectivity index (χ1) is 20.6. The molecule has 1 atom stereocenters. The van der Waals surface area contributed by atoms with E-state index in [-0.39, 0.29) is 12.4 Å². The standard InChI is InChI=1S/C30H25F3N6O3S/c1-18-3-12-25-19(2)14-23-16-43-29(39(23)26(25)13-18)35-28(40)37-41-15-20-4-6-21(7-5-20)27-34-17-38(36-27)22-8-10-24(11-9-22)42-30(31,32)33/h3-14,17,19H,15-16H2,1-2H3,(H,37,40)/b35-29-. The van der Waals surface area contributed by atoms with Crippen LogP contribution >= 0.6 is 11.8 Å². The SMILES string of the molecule is Cc1ccc2c(c1)N1C(=CC2C)CS/C1=N\C(=O)NOCc1ccc(-c2ncn(-c3ccc(OC(F)(F)F)cc3)n2)cc1. The molecule has 0 aliphatic carbocycles. The number of fused-ring (bicyclic) bond motifs is 3. The Bertz CT molecular complexity index is 1720. The van der Waals surface area contributed by atoms with E-state index in [2.05, 4.69) is 56.5 Å². The van der Waals surface area contributed by atoms with Gasteiger partial charge < -0.3 is 4.74 Å². The van der Waals surface area contributed by atoms with Crippen LogP contribution in [0.2, 0.25) is 0 Å². The number of nitrogens with zero attached hydrogens (tertiary/aromatic N) is 5. The van der Waals surface area contributed by atoms with Gasteiger partial charge in [-0.2, -0.15) is 4.99 Å². The summed E-state index contributed by atoms with van der Waals surface area (Å²) in [5.41, 5.74) is 8.95. The number of nitrogens with one attached hydrogen (secondary N) is 1. The summed E-state index contributed by atoms with van der Waals surface area (Å²) in [4.78, 5) is 28.6. The molecule has 4 aromatic rings. The van der Waals surface area contributed by atoms with Crippen molar-refractivity contribution in [2.75, 3.05) is 10.7 Å². The Balaban J connectivity index is 1.04. The van der Waals surface area contributed by atoms with E-state index in [9.17, 15) is 18.0 Å². The summed E-state index contributed by atoms with van der Waals surface area (Å²) in [7, 11) is 0. The summed E-state index contributed by atoms with van der Waals surface area (Å²) in [6.07, 6.45) is -1.08. The second kappa shape index (κ2) is 11.6. The van der Waals surface area contributed by atoms with Gasteiger partial charge in [0.1, 0.15) is 12.1 Å². The smallest absolute Gasteiger partial charge is 0.406 e. The van der Waals surface area contributed by atoms with Gasteiger partial charge in [0.25, 0.3) is 0 Å². The number of carbonyl (C=O) groups is 1. The van der Waals surface area contributed by atoms with E-state index in [0.717, 1.165) is 33.8 Å². The number of aliphatic imine (C=N–C) groups is 1. The topological polar surface area (TPSA) is 93.9 Å². The van der Waals surface area contributed by atoms with Gasteiger partial charge in [0.2, 0.25) is 0 Å². The van der Waals surface area contributed by atoms with Crippen molar-refractivity contribution < 1.29 is 27.5 Å². The minimum atomic E-state index is -4.76. The zero-order valence-corrected chi connectivity index (χ0v) is 23.8. The zero-order valence-electron chi connectivity index (χ0n) is 23.0. The average molecular weight is 607 g/mol. The molecule has 9 nitrogen and oxygen atoms in total. The molecule has 1 fully saturated rings. The molecule has 0 bridgehead atoms. The van der Waals surface area contributed by atoms with Gasteiger partial charge in [0.15, 0.2) is 11.0 Å². The number of carbonyl (C=O) groups excluding carboxylic acids is 1. The van der Waals surface area contributed by atoms with Crippen LogP contribution in [-0.2, 0) is 11.4 Å². The Morgan fingerprint density at radius 1 is 1.12 bits per heavy atom. The van der Waals surface area contributed by atoms with Gasteiger partial charge in [-0.05, 0) is 53.9 Å². The molecule has 2 amide bonds. The summed E-state index contributed by atoms with van der Waals surface area (Å²) in [5.74, 6) is 1.14. The third-order valence-electron chi connectivity index (χ3n) is 6.82. The summed E-state index contributed by atoms with van der Waals surface area (Å²) in [6, 6.07) is 18.3. The molecule has 0 spiro atoms. The van der Waals surface area contributed by atoms with Crippen molar-refractivity contribution in [3.63, 3.8) is 0 Å². The molecule has 1 N–H and O–H groups in total. The van der Waals surface area contributed by atoms with E-state index in [0.29, 0.717) is 22.6 Å². The number of allylic oxidation sites excluding steroid dienone is 1. The number of amidine groups is 1. The van der Waals surface area contributed by atoms with E-state index in [1.54, 1.807) is 12.1 Å². The molecule has 2 aliphatic rings. The number of hydrogen-bond acceptors (Lipinski definition) is 6. The van der Waals surface area contributed by atoms with Crippen molar-refractivity contribution in [2.24, 2.45) is 4.99 Å². The van der Waals surface area contributed by atoms with Crippen LogP contribution in [0, 0.1) is 6.92 Å². The van der Waals surface area contributed by atoms with Crippen LogP contribution in [0.5, 0.6) is 5.75 Å². The largest absolute Gasteiger partial charge is 0.573 e. The van der Waals surface area contributed by atoms with Crippen LogP contribution in [0.3, 0.4) is 0 Å². The monoisotopic (exact) mass is 606 g/mol. The fraction of sp³-hybridized carbons (Fsp3) is 0.200. The number of amides is 2. The minimum Gasteiger partial charge on any atom is -0.406 e. The van der Waals surface area contributed by atoms with Crippen molar-refractivity contribution >= 4 is 28.6 Å². The number of ether oxygens (including phenoxy) is 1. The maximum atomic E-state index is 12.6. The third kappa shape index (κ3) is 6.42. The van der Waals surface area contributed by atoms with Gasteiger partial charge in [0.05, 0.1) is 18.0 Å². The quantitative estimate of drug-likeness (QED) is 0.239. The Morgan fingerprint density at radius 3 is 2.63 bits per heavy atom. The molecular formula is C30H25F3N6O3S. The van der Waals surface area contributed by atoms with Crippen LogP contribution in [0.4, 0.5) is 23.7 Å². The molecule has 0 radical (unpaired) electrons. The fourth-order valence-electron chi connectivity index (χ4n) is 4.83. The first-order valence-electron chi connectivity index (χ1n) is 13.2. The summed E-state index contributed by atoms with van der Waals surface area (Å²) >= 11 is 1.51. The van der Waals surface area contributed by atoms with E-state index >= 15 is 0 Å². The second-order valence-corrected chi connectivity index (χ2v) is 10.9.